The van der Waals surface area contributed by atoms with Crippen molar-refractivity contribution in [2.24, 2.45) is 0 Å². The van der Waals surface area contributed by atoms with E-state index >= 15 is 0 Å². The summed E-state index contributed by atoms with van der Waals surface area (Å²) in [6, 6.07) is 15.3. The third kappa shape index (κ3) is 4.92. The first kappa shape index (κ1) is 19.9. The Balaban J connectivity index is 1.48. The molecule has 0 atom stereocenters. The molecule has 3 rings (SSSR count). The molecule has 6 nitrogen and oxygen atoms in total. The van der Waals surface area contributed by atoms with Crippen LogP contribution in [0, 0.1) is 0 Å². The van der Waals surface area contributed by atoms with E-state index in [0.717, 1.165) is 28.3 Å². The summed E-state index contributed by atoms with van der Waals surface area (Å²) < 4.78 is 0. The van der Waals surface area contributed by atoms with Crippen LogP contribution in [0.3, 0.4) is 0 Å². The largest absolute Gasteiger partial charge is 0.347 e. The third-order valence-corrected chi connectivity index (χ3v) is 5.54. The first-order chi connectivity index (χ1) is 13.6. The predicted octanol–water partition coefficient (Wildman–Crippen LogP) is 2.83. The van der Waals surface area contributed by atoms with Crippen LogP contribution in [0.4, 0.5) is 11.4 Å². The van der Waals surface area contributed by atoms with Gasteiger partial charge in [0.1, 0.15) is 0 Å². The van der Waals surface area contributed by atoms with Gasteiger partial charge >= 0.3 is 0 Å². The molecule has 0 bridgehead atoms. The van der Waals surface area contributed by atoms with E-state index < -0.39 is 0 Å². The molecule has 1 aliphatic rings. The molecule has 0 fully saturated rings. The Labute approximate surface area is 168 Å². The van der Waals surface area contributed by atoms with Crippen LogP contribution in [0.5, 0.6) is 0 Å². The molecule has 1 heterocycles. The van der Waals surface area contributed by atoms with Crippen LogP contribution in [0.15, 0.2) is 53.4 Å². The highest BCUT2D eigenvalue weighted by Gasteiger charge is 2.24. The van der Waals surface area contributed by atoms with Gasteiger partial charge in [-0.1, -0.05) is 37.3 Å². The zero-order chi connectivity index (χ0) is 19.9. The fraction of sp³-hybridized carbons (Fsp3) is 0.286. The second-order valence-corrected chi connectivity index (χ2v) is 7.40. The Morgan fingerprint density at radius 3 is 2.64 bits per heavy atom. The minimum atomic E-state index is -0.273. The van der Waals surface area contributed by atoms with Crippen LogP contribution in [0.25, 0.3) is 0 Å². The number of benzene rings is 2. The molecular weight excluding hydrogens is 374 g/mol. The lowest BCUT2D eigenvalue weighted by molar-refractivity contribution is -0.124. The Hall–Kier alpha value is -2.80. The summed E-state index contributed by atoms with van der Waals surface area (Å²) in [7, 11) is 0. The molecule has 7 heteroatoms. The van der Waals surface area contributed by atoms with Crippen molar-refractivity contribution in [3.05, 3.63) is 54.1 Å². The molecular formula is C21H23N3O3S. The number of carbonyl (C=O) groups is 3. The van der Waals surface area contributed by atoms with E-state index in [2.05, 4.69) is 10.6 Å². The van der Waals surface area contributed by atoms with Crippen molar-refractivity contribution in [1.82, 2.24) is 5.32 Å². The monoisotopic (exact) mass is 397 g/mol. The number of hydrogen-bond donors (Lipinski definition) is 2. The summed E-state index contributed by atoms with van der Waals surface area (Å²) in [5, 5.41) is 5.45. The fourth-order valence-electron chi connectivity index (χ4n) is 3.02. The van der Waals surface area contributed by atoms with Crippen LogP contribution in [-0.2, 0) is 20.8 Å². The minimum absolute atomic E-state index is 0.00887. The number of nitrogens with one attached hydrogen (secondary N) is 2. The molecule has 0 saturated carbocycles. The van der Waals surface area contributed by atoms with Crippen LogP contribution >= 0.6 is 11.8 Å². The molecule has 0 radical (unpaired) electrons. The molecule has 28 heavy (non-hydrogen) atoms. The second-order valence-electron chi connectivity index (χ2n) is 6.39. The average molecular weight is 398 g/mol. The maximum Gasteiger partial charge on any atom is 0.243 e. The van der Waals surface area contributed by atoms with Gasteiger partial charge in [-0.3, -0.25) is 14.4 Å². The van der Waals surface area contributed by atoms with Crippen molar-refractivity contribution in [2.45, 2.75) is 24.7 Å². The molecule has 146 valence electrons. The van der Waals surface area contributed by atoms with Gasteiger partial charge in [-0.2, -0.15) is 0 Å². The Morgan fingerprint density at radius 1 is 1.07 bits per heavy atom. The van der Waals surface area contributed by atoms with Crippen LogP contribution in [0.2, 0.25) is 0 Å². The van der Waals surface area contributed by atoms with Gasteiger partial charge in [0.2, 0.25) is 17.7 Å². The maximum absolute atomic E-state index is 12.2. The van der Waals surface area contributed by atoms with Gasteiger partial charge in [0.05, 0.1) is 18.0 Å². The van der Waals surface area contributed by atoms with Gasteiger partial charge in [-0.05, 0) is 30.2 Å². The second kappa shape index (κ2) is 9.41. The Bertz CT molecular complexity index is 885. The minimum Gasteiger partial charge on any atom is -0.347 e. The number of hydrogen-bond acceptors (Lipinski definition) is 4. The lowest BCUT2D eigenvalue weighted by Crippen LogP contribution is -2.39. The predicted molar refractivity (Wildman–Crippen MR) is 112 cm³/mol. The summed E-state index contributed by atoms with van der Waals surface area (Å²) in [5.74, 6) is -0.171. The molecule has 0 saturated heterocycles. The fourth-order valence-corrected chi connectivity index (χ4v) is 3.96. The standard InChI is InChI=1S/C21H23N3O3S/c1-2-15-7-3-4-8-16(15)23-20(26)13-22-19(25)11-12-24-17-9-5-6-10-18(17)28-14-21(24)27/h3-10H,2,11-14H2,1H3,(H,22,25)(H,23,26). The molecule has 0 aromatic heterocycles. The van der Waals surface area contributed by atoms with Crippen LogP contribution in [-0.4, -0.2) is 36.6 Å². The number of fused-ring (bicyclic) bond motifs is 1. The molecule has 2 aromatic carbocycles. The van der Waals surface area contributed by atoms with E-state index in [1.165, 1.54) is 11.8 Å². The first-order valence-electron chi connectivity index (χ1n) is 9.25. The van der Waals surface area contributed by atoms with Crippen molar-refractivity contribution in [2.75, 3.05) is 29.1 Å². The summed E-state index contributed by atoms with van der Waals surface area (Å²) in [5.41, 5.74) is 2.64. The van der Waals surface area contributed by atoms with Gasteiger partial charge < -0.3 is 15.5 Å². The highest BCUT2D eigenvalue weighted by molar-refractivity contribution is 8.00. The van der Waals surface area contributed by atoms with E-state index in [4.69, 9.17) is 0 Å². The lowest BCUT2D eigenvalue weighted by Gasteiger charge is -2.28. The van der Waals surface area contributed by atoms with Crippen molar-refractivity contribution < 1.29 is 14.4 Å². The van der Waals surface area contributed by atoms with Gasteiger partial charge in [0.15, 0.2) is 0 Å². The van der Waals surface area contributed by atoms with Gasteiger partial charge in [-0.25, -0.2) is 0 Å². The van der Waals surface area contributed by atoms with E-state index in [0.29, 0.717) is 12.3 Å². The topological polar surface area (TPSA) is 78.5 Å². The molecule has 0 aliphatic carbocycles. The molecule has 3 amide bonds. The van der Waals surface area contributed by atoms with Gasteiger partial charge in [0.25, 0.3) is 0 Å². The molecule has 0 spiro atoms. The molecule has 2 N–H and O–H groups in total. The SMILES string of the molecule is CCc1ccccc1NC(=O)CNC(=O)CCN1C(=O)CSc2ccccc21. The summed E-state index contributed by atoms with van der Waals surface area (Å²) >= 11 is 1.51. The van der Waals surface area contributed by atoms with Gasteiger partial charge in [-0.15, -0.1) is 11.8 Å². The Kier molecular flexibility index (Phi) is 6.71. The third-order valence-electron chi connectivity index (χ3n) is 4.49. The number of nitrogens with zero attached hydrogens (tertiary/aromatic N) is 1. The van der Waals surface area contributed by atoms with Crippen molar-refractivity contribution in [3.63, 3.8) is 0 Å². The number of aryl methyl sites for hydroxylation is 1. The first-order valence-corrected chi connectivity index (χ1v) is 10.2. The lowest BCUT2D eigenvalue weighted by atomic mass is 10.1. The highest BCUT2D eigenvalue weighted by atomic mass is 32.2. The van der Waals surface area contributed by atoms with Crippen LogP contribution in [0.1, 0.15) is 18.9 Å². The van der Waals surface area contributed by atoms with E-state index in [1.807, 2.05) is 55.5 Å². The number of thioether (sulfide) groups is 1. The number of rotatable bonds is 7. The quantitative estimate of drug-likeness (QED) is 0.753. The van der Waals surface area contributed by atoms with Crippen LogP contribution < -0.4 is 15.5 Å². The normalized spacial score (nSPS) is 13.0. The van der Waals surface area contributed by atoms with Crippen molar-refractivity contribution in [1.29, 1.82) is 0 Å². The summed E-state index contributed by atoms with van der Waals surface area (Å²) in [4.78, 5) is 39.2. The number of para-hydroxylation sites is 2. The smallest absolute Gasteiger partial charge is 0.243 e. The molecule has 2 aromatic rings. The maximum atomic E-state index is 12.2. The number of anilines is 2. The van der Waals surface area contributed by atoms with E-state index in [9.17, 15) is 14.4 Å². The zero-order valence-corrected chi connectivity index (χ0v) is 16.6. The number of carbonyl (C=O) groups excluding carboxylic acids is 3. The average Bonchev–Trinajstić information content (AvgIpc) is 2.72. The number of amides is 3. The van der Waals surface area contributed by atoms with E-state index in [1.54, 1.807) is 4.90 Å². The van der Waals surface area contributed by atoms with Crippen molar-refractivity contribution in [3.8, 4) is 0 Å². The van der Waals surface area contributed by atoms with Gasteiger partial charge in [0, 0.05) is 23.5 Å². The molecule has 0 unspecified atom stereocenters. The zero-order valence-electron chi connectivity index (χ0n) is 15.7. The molecule has 1 aliphatic heterocycles. The summed E-state index contributed by atoms with van der Waals surface area (Å²) in [6.07, 6.45) is 0.954. The Morgan fingerprint density at radius 2 is 1.82 bits per heavy atom. The summed E-state index contributed by atoms with van der Waals surface area (Å²) in [6.45, 7) is 2.21. The van der Waals surface area contributed by atoms with Crippen molar-refractivity contribution >= 4 is 40.9 Å². The highest BCUT2D eigenvalue weighted by Crippen LogP contribution is 2.34. The van der Waals surface area contributed by atoms with E-state index in [-0.39, 0.29) is 30.7 Å².